The smallest absolute Gasteiger partial charge is 0.337 e. The normalized spacial score (nSPS) is 17.1. The van der Waals surface area contributed by atoms with Gasteiger partial charge in [0, 0.05) is 11.6 Å². The van der Waals surface area contributed by atoms with Crippen molar-refractivity contribution in [1.82, 2.24) is 5.32 Å². The Kier molecular flexibility index (Phi) is 4.36. The van der Waals surface area contributed by atoms with Crippen LogP contribution in [-0.4, -0.2) is 41.3 Å². The molecule has 1 aliphatic carbocycles. The van der Waals surface area contributed by atoms with Gasteiger partial charge in [0.05, 0.1) is 7.11 Å². The van der Waals surface area contributed by atoms with Gasteiger partial charge in [0.25, 0.3) is 5.91 Å². The molecular formula is C14H17NO5. The lowest BCUT2D eigenvalue weighted by molar-refractivity contribution is -0.156. The molecule has 2 unspecified atom stereocenters. The average Bonchev–Trinajstić information content (AvgIpc) is 3.28. The molecule has 0 saturated heterocycles. The van der Waals surface area contributed by atoms with E-state index in [1.165, 1.54) is 12.1 Å². The van der Waals surface area contributed by atoms with Crippen LogP contribution in [0.25, 0.3) is 0 Å². The summed E-state index contributed by atoms with van der Waals surface area (Å²) in [5, 5.41) is 22.2. The molecule has 0 aliphatic heterocycles. The molecule has 6 nitrogen and oxygen atoms in total. The van der Waals surface area contributed by atoms with Crippen molar-refractivity contribution in [2.75, 3.05) is 7.11 Å². The topological polar surface area (TPSA) is 95.9 Å². The second-order valence-corrected chi connectivity index (χ2v) is 4.78. The standard InChI is InChI=1S/C14H17NO5/c1-20-14(19)12(17)11(16)8-2-4-9(5-3-8)13(18)15-10-6-7-10/h2-5,10-12,16-17H,6-7H2,1H3,(H,15,18). The number of carbonyl (C=O) groups is 2. The Hall–Kier alpha value is -1.92. The first kappa shape index (κ1) is 14.5. The second-order valence-electron chi connectivity index (χ2n) is 4.78. The molecule has 1 fully saturated rings. The van der Waals surface area contributed by atoms with E-state index in [1.54, 1.807) is 12.1 Å². The minimum absolute atomic E-state index is 0.165. The highest BCUT2D eigenvalue weighted by Crippen LogP contribution is 2.21. The van der Waals surface area contributed by atoms with Crippen LogP contribution >= 0.6 is 0 Å². The second kappa shape index (κ2) is 6.02. The average molecular weight is 279 g/mol. The number of aliphatic hydroxyl groups excluding tert-OH is 2. The summed E-state index contributed by atoms with van der Waals surface area (Å²) in [7, 11) is 1.13. The third kappa shape index (κ3) is 3.34. The number of ether oxygens (including phenoxy) is 1. The Bertz CT molecular complexity index is 495. The molecule has 108 valence electrons. The molecule has 0 aromatic heterocycles. The monoisotopic (exact) mass is 279 g/mol. The van der Waals surface area contributed by atoms with Crippen LogP contribution in [-0.2, 0) is 9.53 Å². The molecule has 1 aliphatic rings. The summed E-state index contributed by atoms with van der Waals surface area (Å²) in [4.78, 5) is 22.9. The zero-order chi connectivity index (χ0) is 14.7. The maximum Gasteiger partial charge on any atom is 0.337 e. The van der Waals surface area contributed by atoms with E-state index in [4.69, 9.17) is 0 Å². The molecule has 0 bridgehead atoms. The van der Waals surface area contributed by atoms with Crippen molar-refractivity contribution in [1.29, 1.82) is 0 Å². The fourth-order valence-electron chi connectivity index (χ4n) is 1.76. The van der Waals surface area contributed by atoms with Gasteiger partial charge < -0.3 is 20.3 Å². The van der Waals surface area contributed by atoms with Crippen molar-refractivity contribution in [3.63, 3.8) is 0 Å². The largest absolute Gasteiger partial charge is 0.467 e. The van der Waals surface area contributed by atoms with Gasteiger partial charge in [-0.3, -0.25) is 4.79 Å². The van der Waals surface area contributed by atoms with E-state index in [-0.39, 0.29) is 11.9 Å². The van der Waals surface area contributed by atoms with E-state index in [0.29, 0.717) is 11.1 Å². The van der Waals surface area contributed by atoms with Crippen LogP contribution in [0.1, 0.15) is 34.9 Å². The van der Waals surface area contributed by atoms with Gasteiger partial charge in [0.15, 0.2) is 6.10 Å². The minimum Gasteiger partial charge on any atom is -0.467 e. The lowest BCUT2D eigenvalue weighted by Gasteiger charge is -2.16. The van der Waals surface area contributed by atoms with Crippen LogP contribution in [0.15, 0.2) is 24.3 Å². The number of amides is 1. The first-order valence-electron chi connectivity index (χ1n) is 6.37. The maximum atomic E-state index is 11.8. The summed E-state index contributed by atoms with van der Waals surface area (Å²) in [6.07, 6.45) is -1.02. The highest BCUT2D eigenvalue weighted by molar-refractivity contribution is 5.94. The maximum absolute atomic E-state index is 11.8. The summed E-state index contributed by atoms with van der Waals surface area (Å²) in [6.45, 7) is 0. The van der Waals surface area contributed by atoms with Crippen LogP contribution in [0.2, 0.25) is 0 Å². The van der Waals surface area contributed by atoms with Crippen molar-refractivity contribution in [2.24, 2.45) is 0 Å². The van der Waals surface area contributed by atoms with Gasteiger partial charge in [-0.25, -0.2) is 4.79 Å². The van der Waals surface area contributed by atoms with Crippen molar-refractivity contribution in [3.8, 4) is 0 Å². The minimum atomic E-state index is -1.65. The number of methoxy groups -OCH3 is 1. The number of benzene rings is 1. The summed E-state index contributed by atoms with van der Waals surface area (Å²) in [6, 6.07) is 6.35. The predicted octanol–water partition coefficient (Wildman–Crippen LogP) is 0.146. The molecule has 1 aromatic rings. The van der Waals surface area contributed by atoms with Gasteiger partial charge in [0.1, 0.15) is 6.10 Å². The molecule has 2 rings (SSSR count). The molecule has 1 aromatic carbocycles. The van der Waals surface area contributed by atoms with Gasteiger partial charge in [-0.1, -0.05) is 12.1 Å². The third-order valence-corrected chi connectivity index (χ3v) is 3.17. The quantitative estimate of drug-likeness (QED) is 0.667. The van der Waals surface area contributed by atoms with Gasteiger partial charge in [-0.05, 0) is 30.5 Å². The van der Waals surface area contributed by atoms with Gasteiger partial charge >= 0.3 is 5.97 Å². The molecule has 6 heteroatoms. The van der Waals surface area contributed by atoms with Crippen molar-refractivity contribution in [2.45, 2.75) is 31.1 Å². The molecule has 1 saturated carbocycles. The number of hydrogen-bond acceptors (Lipinski definition) is 5. The molecule has 0 heterocycles. The Morgan fingerprint density at radius 1 is 1.25 bits per heavy atom. The number of rotatable bonds is 5. The number of hydrogen-bond donors (Lipinski definition) is 3. The lowest BCUT2D eigenvalue weighted by atomic mass is 10.0. The highest BCUT2D eigenvalue weighted by Gasteiger charge is 2.27. The molecule has 0 spiro atoms. The summed E-state index contributed by atoms with van der Waals surface area (Å²) in [5.74, 6) is -1.07. The molecule has 3 N–H and O–H groups in total. The molecule has 20 heavy (non-hydrogen) atoms. The van der Waals surface area contributed by atoms with Crippen molar-refractivity contribution >= 4 is 11.9 Å². The third-order valence-electron chi connectivity index (χ3n) is 3.17. The SMILES string of the molecule is COC(=O)C(O)C(O)c1ccc(C(=O)NC2CC2)cc1. The molecular weight excluding hydrogens is 262 g/mol. The predicted molar refractivity (Wildman–Crippen MR) is 69.9 cm³/mol. The Labute approximate surface area is 116 Å². The lowest BCUT2D eigenvalue weighted by Crippen LogP contribution is -2.29. The van der Waals surface area contributed by atoms with Crippen LogP contribution in [0.5, 0.6) is 0 Å². The Morgan fingerprint density at radius 2 is 1.85 bits per heavy atom. The van der Waals surface area contributed by atoms with E-state index < -0.39 is 18.2 Å². The zero-order valence-electron chi connectivity index (χ0n) is 11.1. The number of carbonyl (C=O) groups excluding carboxylic acids is 2. The highest BCUT2D eigenvalue weighted by atomic mass is 16.5. The summed E-state index contributed by atoms with van der Waals surface area (Å²) < 4.78 is 4.35. The fraction of sp³-hybridized carbons (Fsp3) is 0.429. The van der Waals surface area contributed by atoms with Gasteiger partial charge in [-0.15, -0.1) is 0 Å². The Morgan fingerprint density at radius 3 is 2.35 bits per heavy atom. The van der Waals surface area contributed by atoms with Crippen LogP contribution < -0.4 is 5.32 Å². The van der Waals surface area contributed by atoms with Crippen molar-refractivity contribution in [3.05, 3.63) is 35.4 Å². The van der Waals surface area contributed by atoms with Gasteiger partial charge in [0.2, 0.25) is 0 Å². The van der Waals surface area contributed by atoms with E-state index >= 15 is 0 Å². The van der Waals surface area contributed by atoms with Crippen LogP contribution in [0.3, 0.4) is 0 Å². The number of esters is 1. The van der Waals surface area contributed by atoms with Crippen molar-refractivity contribution < 1.29 is 24.5 Å². The fourth-order valence-corrected chi connectivity index (χ4v) is 1.76. The first-order valence-corrected chi connectivity index (χ1v) is 6.37. The molecule has 2 atom stereocenters. The number of nitrogens with one attached hydrogen (secondary N) is 1. The van der Waals surface area contributed by atoms with E-state index in [0.717, 1.165) is 20.0 Å². The number of aliphatic hydroxyl groups is 2. The van der Waals surface area contributed by atoms with E-state index in [2.05, 4.69) is 10.1 Å². The molecule has 0 radical (unpaired) electrons. The van der Waals surface area contributed by atoms with E-state index in [9.17, 15) is 19.8 Å². The molecule has 1 amide bonds. The Balaban J connectivity index is 2.03. The van der Waals surface area contributed by atoms with E-state index in [1.807, 2.05) is 0 Å². The van der Waals surface area contributed by atoms with Crippen LogP contribution in [0.4, 0.5) is 0 Å². The summed E-state index contributed by atoms with van der Waals surface area (Å²) >= 11 is 0. The van der Waals surface area contributed by atoms with Crippen LogP contribution in [0, 0.1) is 0 Å². The van der Waals surface area contributed by atoms with Gasteiger partial charge in [-0.2, -0.15) is 0 Å². The first-order chi connectivity index (χ1) is 9.52. The summed E-state index contributed by atoms with van der Waals surface area (Å²) in [5.41, 5.74) is 0.811. The zero-order valence-corrected chi connectivity index (χ0v) is 11.1.